The largest absolute Gasteiger partial charge is 0.384 e. The summed E-state index contributed by atoms with van der Waals surface area (Å²) in [5, 5.41) is 0.925. The third-order valence-electron chi connectivity index (χ3n) is 2.64. The van der Waals surface area contributed by atoms with Gasteiger partial charge in [-0.1, -0.05) is 53.1 Å². The summed E-state index contributed by atoms with van der Waals surface area (Å²) in [5.74, 6) is 0. The highest BCUT2D eigenvalue weighted by Gasteiger charge is 2.29. The zero-order chi connectivity index (χ0) is 11.4. The first-order valence-electron chi connectivity index (χ1n) is 5.35. The number of hydrogen-bond donors (Lipinski definition) is 0. The van der Waals surface area contributed by atoms with E-state index >= 15 is 0 Å². The van der Waals surface area contributed by atoms with Crippen molar-refractivity contribution in [3.8, 4) is 0 Å². The van der Waals surface area contributed by atoms with Gasteiger partial charge < -0.3 is 0 Å². The van der Waals surface area contributed by atoms with Crippen molar-refractivity contribution in [3.05, 3.63) is 66.2 Å². The van der Waals surface area contributed by atoms with Gasteiger partial charge in [0.25, 0.3) is 0 Å². The van der Waals surface area contributed by atoms with Crippen LogP contribution >= 0.6 is 7.80 Å². The highest BCUT2D eigenvalue weighted by molar-refractivity contribution is 7.53. The van der Waals surface area contributed by atoms with E-state index < -0.39 is 7.80 Å². The van der Waals surface area contributed by atoms with E-state index in [0.717, 1.165) is 10.9 Å². The smallest absolute Gasteiger partial charge is 0.0674 e. The van der Waals surface area contributed by atoms with E-state index in [1.165, 1.54) is 0 Å². The van der Waals surface area contributed by atoms with Crippen LogP contribution in [0.1, 0.15) is 18.1 Å². The van der Waals surface area contributed by atoms with Gasteiger partial charge in [0.15, 0.2) is 11.0 Å². The molecular formula is C14H14OP+. The Morgan fingerprint density at radius 3 is 1.94 bits per heavy atom. The Kier molecular flexibility index (Phi) is 3.48. The molecule has 0 bridgehead atoms. The van der Waals surface area contributed by atoms with Gasteiger partial charge in [-0.2, -0.15) is 0 Å². The lowest BCUT2D eigenvalue weighted by molar-refractivity contribution is 0.587. The van der Waals surface area contributed by atoms with Crippen LogP contribution in [0, 0.1) is 0 Å². The van der Waals surface area contributed by atoms with Crippen LogP contribution in [0.15, 0.2) is 60.7 Å². The van der Waals surface area contributed by atoms with Crippen LogP contribution < -0.4 is 5.30 Å². The first kappa shape index (κ1) is 11.0. The van der Waals surface area contributed by atoms with Crippen molar-refractivity contribution in [1.29, 1.82) is 0 Å². The molecule has 0 spiro atoms. The van der Waals surface area contributed by atoms with Crippen molar-refractivity contribution < 1.29 is 4.57 Å². The van der Waals surface area contributed by atoms with Gasteiger partial charge in [-0.05, 0) is 19.1 Å². The molecule has 0 saturated carbocycles. The second kappa shape index (κ2) is 5.05. The zero-order valence-corrected chi connectivity index (χ0v) is 10.1. The molecule has 0 aliphatic rings. The molecule has 2 rings (SSSR count). The number of rotatable bonds is 3. The Morgan fingerprint density at radius 1 is 0.875 bits per heavy atom. The topological polar surface area (TPSA) is 17.1 Å². The minimum Gasteiger partial charge on any atom is -0.0674 e. The SMILES string of the molecule is CC(c1ccccc1)[P+](=O)c1ccccc1. The lowest BCUT2D eigenvalue weighted by atomic mass is 10.2. The molecule has 0 fully saturated rings. The van der Waals surface area contributed by atoms with Gasteiger partial charge in [-0.15, -0.1) is 0 Å². The quantitative estimate of drug-likeness (QED) is 0.729. The first-order valence-corrected chi connectivity index (χ1v) is 6.68. The summed E-state index contributed by atoms with van der Waals surface area (Å²) in [6.07, 6.45) is 0. The minimum absolute atomic E-state index is 0.0681. The first-order chi connectivity index (χ1) is 7.79. The predicted octanol–water partition coefficient (Wildman–Crippen LogP) is 3.90. The molecule has 0 aliphatic heterocycles. The molecule has 80 valence electrons. The van der Waals surface area contributed by atoms with Crippen molar-refractivity contribution in [3.63, 3.8) is 0 Å². The number of hydrogen-bond acceptors (Lipinski definition) is 1. The highest BCUT2D eigenvalue weighted by Crippen LogP contribution is 2.39. The maximum absolute atomic E-state index is 12.3. The molecule has 0 amide bonds. The molecule has 2 unspecified atom stereocenters. The maximum atomic E-state index is 12.3. The summed E-state index contributed by atoms with van der Waals surface area (Å²) >= 11 is 0. The standard InChI is InChI=1S/C14H14OP/c1-12(13-8-4-2-5-9-13)16(15)14-10-6-3-7-11-14/h2-12H,1H3/q+1. The molecule has 2 heteroatoms. The molecule has 0 aromatic heterocycles. The second-order valence-corrected chi connectivity index (χ2v) is 5.69. The van der Waals surface area contributed by atoms with Gasteiger partial charge in [0, 0.05) is 5.56 Å². The van der Waals surface area contributed by atoms with Gasteiger partial charge in [0.05, 0.1) is 0 Å². The molecule has 0 N–H and O–H groups in total. The molecule has 1 nitrogen and oxygen atoms in total. The molecule has 2 aromatic rings. The summed E-state index contributed by atoms with van der Waals surface area (Å²) < 4.78 is 12.3. The molecule has 0 saturated heterocycles. The molecule has 2 aromatic carbocycles. The van der Waals surface area contributed by atoms with Crippen molar-refractivity contribution >= 4 is 13.1 Å². The van der Waals surface area contributed by atoms with Crippen molar-refractivity contribution in [2.75, 3.05) is 0 Å². The van der Waals surface area contributed by atoms with Crippen LogP contribution in [-0.2, 0) is 4.57 Å². The van der Waals surface area contributed by atoms with Crippen LogP contribution in [0.3, 0.4) is 0 Å². The van der Waals surface area contributed by atoms with E-state index in [1.807, 2.05) is 67.6 Å². The van der Waals surface area contributed by atoms with E-state index in [9.17, 15) is 4.57 Å². The van der Waals surface area contributed by atoms with Crippen molar-refractivity contribution in [2.45, 2.75) is 12.6 Å². The fraction of sp³-hybridized carbons (Fsp3) is 0.143. The summed E-state index contributed by atoms with van der Waals surface area (Å²) in [7, 11) is -1.36. The minimum atomic E-state index is -1.36. The number of benzene rings is 2. The average molecular weight is 229 g/mol. The van der Waals surface area contributed by atoms with Gasteiger partial charge in [0.2, 0.25) is 0 Å². The highest BCUT2D eigenvalue weighted by atomic mass is 31.1. The zero-order valence-electron chi connectivity index (χ0n) is 9.21. The third-order valence-corrected chi connectivity index (χ3v) is 4.45. The van der Waals surface area contributed by atoms with E-state index in [2.05, 4.69) is 0 Å². The monoisotopic (exact) mass is 229 g/mol. The predicted molar refractivity (Wildman–Crippen MR) is 68.5 cm³/mol. The molecule has 16 heavy (non-hydrogen) atoms. The Morgan fingerprint density at radius 2 is 1.38 bits per heavy atom. The van der Waals surface area contributed by atoms with Crippen LogP contribution in [0.5, 0.6) is 0 Å². The van der Waals surface area contributed by atoms with E-state index in [-0.39, 0.29) is 5.66 Å². The molecule has 0 aliphatic carbocycles. The van der Waals surface area contributed by atoms with Gasteiger partial charge in [0.1, 0.15) is 0 Å². The van der Waals surface area contributed by atoms with Crippen LogP contribution in [-0.4, -0.2) is 0 Å². The lowest BCUT2D eigenvalue weighted by Crippen LogP contribution is -1.99. The second-order valence-electron chi connectivity index (χ2n) is 3.75. The van der Waals surface area contributed by atoms with E-state index in [1.54, 1.807) is 0 Å². The lowest BCUT2D eigenvalue weighted by Gasteiger charge is -2.00. The summed E-state index contributed by atoms with van der Waals surface area (Å²) in [5.41, 5.74) is 1.20. The van der Waals surface area contributed by atoms with Gasteiger partial charge in [-0.25, -0.2) is 0 Å². The maximum Gasteiger partial charge on any atom is 0.384 e. The summed E-state index contributed by atoms with van der Waals surface area (Å²) in [4.78, 5) is 0. The van der Waals surface area contributed by atoms with Crippen LogP contribution in [0.2, 0.25) is 0 Å². The normalized spacial score (nSPS) is 13.2. The van der Waals surface area contributed by atoms with Crippen molar-refractivity contribution in [1.82, 2.24) is 0 Å². The molecule has 2 atom stereocenters. The Labute approximate surface area is 96.9 Å². The molecule has 0 radical (unpaired) electrons. The fourth-order valence-electron chi connectivity index (χ4n) is 1.67. The van der Waals surface area contributed by atoms with Gasteiger partial charge in [-0.3, -0.25) is 0 Å². The average Bonchev–Trinajstić information content (AvgIpc) is 2.39. The van der Waals surface area contributed by atoms with Crippen LogP contribution in [0.4, 0.5) is 0 Å². The Hall–Kier alpha value is -1.46. The van der Waals surface area contributed by atoms with Crippen LogP contribution in [0.25, 0.3) is 0 Å². The third kappa shape index (κ3) is 2.37. The van der Waals surface area contributed by atoms with Gasteiger partial charge >= 0.3 is 7.80 Å². The summed E-state index contributed by atoms with van der Waals surface area (Å²) in [6, 6.07) is 19.7. The Balaban J connectivity index is 2.24. The summed E-state index contributed by atoms with van der Waals surface area (Å²) in [6.45, 7) is 2.01. The van der Waals surface area contributed by atoms with Crippen molar-refractivity contribution in [2.24, 2.45) is 0 Å². The molecule has 0 heterocycles. The van der Waals surface area contributed by atoms with E-state index in [4.69, 9.17) is 0 Å². The molecular weight excluding hydrogens is 215 g/mol. The Bertz CT molecular complexity index is 465. The van der Waals surface area contributed by atoms with E-state index in [0.29, 0.717) is 0 Å². The fourth-order valence-corrected chi connectivity index (χ4v) is 3.02.